The molecule has 0 radical (unpaired) electrons. The quantitative estimate of drug-likeness (QED) is 0.695. The number of pyridine rings is 1. The maximum atomic E-state index is 5.34. The molecule has 29 heavy (non-hydrogen) atoms. The van der Waals surface area contributed by atoms with E-state index in [-0.39, 0.29) is 0 Å². The van der Waals surface area contributed by atoms with Crippen molar-refractivity contribution in [2.45, 2.75) is 13.0 Å². The molecule has 2 fully saturated rings. The van der Waals surface area contributed by atoms with E-state index in [2.05, 4.69) is 49.4 Å². The second-order valence-corrected chi connectivity index (χ2v) is 8.62. The molecule has 1 aromatic carbocycles. The Morgan fingerprint density at radius 1 is 1.07 bits per heavy atom. The Labute approximate surface area is 175 Å². The molecule has 0 atom stereocenters. The number of aryl methyl sites for hydroxylation is 1. The van der Waals surface area contributed by atoms with E-state index in [1.807, 2.05) is 31.3 Å². The van der Waals surface area contributed by atoms with Crippen molar-refractivity contribution in [3.8, 4) is 10.4 Å². The van der Waals surface area contributed by atoms with Crippen LogP contribution in [0.2, 0.25) is 0 Å². The van der Waals surface area contributed by atoms with Crippen molar-refractivity contribution in [3.63, 3.8) is 0 Å². The van der Waals surface area contributed by atoms with E-state index >= 15 is 0 Å². The molecule has 1 N–H and O–H groups in total. The largest absolute Gasteiger partial charge is 0.378 e. The van der Waals surface area contributed by atoms with E-state index in [4.69, 9.17) is 4.74 Å². The molecule has 0 bridgehead atoms. The molecule has 4 heterocycles. The summed E-state index contributed by atoms with van der Waals surface area (Å²) in [5.41, 5.74) is 3.43. The number of aromatic nitrogens is 2. The molecule has 2 saturated heterocycles. The van der Waals surface area contributed by atoms with Gasteiger partial charge in [0.1, 0.15) is 5.82 Å². The van der Waals surface area contributed by atoms with Crippen LogP contribution < -0.4 is 10.2 Å². The molecule has 0 unspecified atom stereocenters. The average Bonchev–Trinajstić information content (AvgIpc) is 3.16. The number of hydrogen-bond donors (Lipinski definition) is 1. The van der Waals surface area contributed by atoms with Gasteiger partial charge in [-0.1, -0.05) is 41.7 Å². The highest BCUT2D eigenvalue weighted by Gasteiger charge is 2.29. The van der Waals surface area contributed by atoms with E-state index in [1.165, 1.54) is 11.3 Å². The highest BCUT2D eigenvalue weighted by molar-refractivity contribution is 7.18. The van der Waals surface area contributed by atoms with Gasteiger partial charge in [-0.05, 0) is 18.6 Å². The first-order chi connectivity index (χ1) is 14.2. The first kappa shape index (κ1) is 18.5. The molecule has 3 aromatic rings. The zero-order valence-corrected chi connectivity index (χ0v) is 17.4. The van der Waals surface area contributed by atoms with Crippen molar-refractivity contribution in [1.29, 1.82) is 0 Å². The zero-order valence-electron chi connectivity index (χ0n) is 16.5. The standard InChI is InChI=1S/C22H25N5OS/c1-16-11-18(26-7-9-27(10-8-26)19-14-28-15-19)12-21(24-16)25-22-23-13-20(29-22)17-5-3-2-4-6-17/h2-6,11-13,19H,7-10,14-15H2,1H3,(H,23,24,25). The molecule has 0 amide bonds. The first-order valence-corrected chi connectivity index (χ1v) is 10.9. The van der Waals surface area contributed by atoms with Gasteiger partial charge in [0, 0.05) is 49.8 Å². The molecule has 5 rings (SSSR count). The van der Waals surface area contributed by atoms with Crippen LogP contribution >= 0.6 is 11.3 Å². The summed E-state index contributed by atoms with van der Waals surface area (Å²) in [5, 5.41) is 4.27. The van der Waals surface area contributed by atoms with E-state index in [0.29, 0.717) is 6.04 Å². The van der Waals surface area contributed by atoms with Gasteiger partial charge in [0.25, 0.3) is 0 Å². The smallest absolute Gasteiger partial charge is 0.188 e. The summed E-state index contributed by atoms with van der Waals surface area (Å²) in [6.45, 7) is 8.08. The maximum absolute atomic E-state index is 5.34. The van der Waals surface area contributed by atoms with Crippen LogP contribution in [0.5, 0.6) is 0 Å². The topological polar surface area (TPSA) is 53.5 Å². The minimum Gasteiger partial charge on any atom is -0.378 e. The number of thiazole rings is 1. The Kier molecular flexibility index (Phi) is 5.18. The molecule has 2 aromatic heterocycles. The third kappa shape index (κ3) is 4.12. The van der Waals surface area contributed by atoms with Crippen LogP contribution in [0.3, 0.4) is 0 Å². The summed E-state index contributed by atoms with van der Waals surface area (Å²) in [5.74, 6) is 0.851. The predicted octanol–water partition coefficient (Wildman–Crippen LogP) is 3.78. The predicted molar refractivity (Wildman–Crippen MR) is 118 cm³/mol. The van der Waals surface area contributed by atoms with Gasteiger partial charge in [-0.15, -0.1) is 0 Å². The molecule has 0 saturated carbocycles. The van der Waals surface area contributed by atoms with Gasteiger partial charge in [-0.3, -0.25) is 4.90 Å². The molecular weight excluding hydrogens is 382 g/mol. The zero-order chi connectivity index (χ0) is 19.6. The van der Waals surface area contributed by atoms with Crippen LogP contribution in [0, 0.1) is 6.92 Å². The third-order valence-electron chi connectivity index (χ3n) is 5.55. The lowest BCUT2D eigenvalue weighted by Gasteiger charge is -2.43. The Morgan fingerprint density at radius 2 is 1.86 bits per heavy atom. The minimum atomic E-state index is 0.622. The van der Waals surface area contributed by atoms with Gasteiger partial charge < -0.3 is 15.0 Å². The summed E-state index contributed by atoms with van der Waals surface area (Å²) >= 11 is 1.65. The molecule has 0 spiro atoms. The van der Waals surface area contributed by atoms with E-state index in [9.17, 15) is 0 Å². The fourth-order valence-electron chi connectivity index (χ4n) is 3.85. The second-order valence-electron chi connectivity index (χ2n) is 7.59. The van der Waals surface area contributed by atoms with E-state index in [1.54, 1.807) is 11.3 Å². The lowest BCUT2D eigenvalue weighted by atomic mass is 10.1. The van der Waals surface area contributed by atoms with Crippen molar-refractivity contribution in [3.05, 3.63) is 54.4 Å². The Balaban J connectivity index is 1.28. The monoisotopic (exact) mass is 407 g/mol. The number of anilines is 3. The number of hydrogen-bond acceptors (Lipinski definition) is 7. The normalized spacial score (nSPS) is 17.9. The fourth-order valence-corrected chi connectivity index (χ4v) is 4.68. The van der Waals surface area contributed by atoms with E-state index in [0.717, 1.165) is 60.9 Å². The number of benzene rings is 1. The molecule has 2 aliphatic heterocycles. The summed E-state index contributed by atoms with van der Waals surface area (Å²) in [6.07, 6.45) is 1.92. The van der Waals surface area contributed by atoms with Crippen molar-refractivity contribution in [1.82, 2.24) is 14.9 Å². The molecule has 2 aliphatic rings. The van der Waals surface area contributed by atoms with Crippen LogP contribution in [-0.2, 0) is 4.74 Å². The molecule has 150 valence electrons. The number of nitrogens with zero attached hydrogens (tertiary/aromatic N) is 4. The summed E-state index contributed by atoms with van der Waals surface area (Å²) in [6, 6.07) is 15.3. The van der Waals surface area contributed by atoms with Crippen LogP contribution in [0.15, 0.2) is 48.7 Å². The Morgan fingerprint density at radius 3 is 2.59 bits per heavy atom. The van der Waals surface area contributed by atoms with Gasteiger partial charge in [0.2, 0.25) is 0 Å². The highest BCUT2D eigenvalue weighted by atomic mass is 32.1. The van der Waals surface area contributed by atoms with Crippen molar-refractivity contribution in [2.24, 2.45) is 0 Å². The lowest BCUT2D eigenvalue weighted by Crippen LogP contribution is -2.56. The van der Waals surface area contributed by atoms with Gasteiger partial charge in [0.05, 0.1) is 24.1 Å². The number of ether oxygens (including phenoxy) is 1. The SMILES string of the molecule is Cc1cc(N2CCN(C3COC3)CC2)cc(Nc2ncc(-c3ccccc3)s2)n1. The van der Waals surface area contributed by atoms with Gasteiger partial charge in [-0.25, -0.2) is 9.97 Å². The lowest BCUT2D eigenvalue weighted by molar-refractivity contribution is -0.0660. The summed E-state index contributed by atoms with van der Waals surface area (Å²) < 4.78 is 5.34. The van der Waals surface area contributed by atoms with Crippen molar-refractivity contribution in [2.75, 3.05) is 49.6 Å². The Hall–Kier alpha value is -2.48. The molecule has 6 nitrogen and oxygen atoms in total. The van der Waals surface area contributed by atoms with Crippen LogP contribution in [-0.4, -0.2) is 60.3 Å². The van der Waals surface area contributed by atoms with Gasteiger partial charge in [-0.2, -0.15) is 0 Å². The molecule has 7 heteroatoms. The van der Waals surface area contributed by atoms with Crippen LogP contribution in [0.25, 0.3) is 10.4 Å². The fraction of sp³-hybridized carbons (Fsp3) is 0.364. The Bertz CT molecular complexity index is 964. The number of piperazine rings is 1. The highest BCUT2D eigenvalue weighted by Crippen LogP contribution is 2.31. The molecule has 0 aliphatic carbocycles. The molecular formula is C22H25N5OS. The number of rotatable bonds is 5. The third-order valence-corrected chi connectivity index (χ3v) is 6.52. The minimum absolute atomic E-state index is 0.622. The number of nitrogens with one attached hydrogen (secondary N) is 1. The van der Waals surface area contributed by atoms with E-state index < -0.39 is 0 Å². The van der Waals surface area contributed by atoms with Gasteiger partial charge in [0.15, 0.2) is 5.13 Å². The second kappa shape index (κ2) is 8.10. The van der Waals surface area contributed by atoms with Crippen molar-refractivity contribution < 1.29 is 4.74 Å². The summed E-state index contributed by atoms with van der Waals surface area (Å²) in [7, 11) is 0. The van der Waals surface area contributed by atoms with Crippen molar-refractivity contribution >= 4 is 28.0 Å². The van der Waals surface area contributed by atoms with Crippen LogP contribution in [0.4, 0.5) is 16.6 Å². The maximum Gasteiger partial charge on any atom is 0.188 e. The summed E-state index contributed by atoms with van der Waals surface area (Å²) in [4.78, 5) is 15.4. The average molecular weight is 408 g/mol. The van der Waals surface area contributed by atoms with Crippen LogP contribution in [0.1, 0.15) is 5.69 Å². The first-order valence-electron chi connectivity index (χ1n) is 10.1. The van der Waals surface area contributed by atoms with Gasteiger partial charge >= 0.3 is 0 Å².